The standard InChI is InChI=1S/C16H14F2O2/c1-9-4-7-13(20-3)12(8-9)16(19)11-6-5-10(2)14(17)15(11)18/h4-8H,1-3H3. The first-order valence-electron chi connectivity index (χ1n) is 6.09. The van der Waals surface area contributed by atoms with E-state index in [4.69, 9.17) is 4.74 Å². The number of ether oxygens (including phenoxy) is 1. The Kier molecular flexibility index (Phi) is 3.84. The summed E-state index contributed by atoms with van der Waals surface area (Å²) in [5.74, 6) is -2.39. The van der Waals surface area contributed by atoms with Crippen LogP contribution < -0.4 is 4.74 Å². The van der Waals surface area contributed by atoms with Gasteiger partial charge < -0.3 is 4.74 Å². The van der Waals surface area contributed by atoms with E-state index in [2.05, 4.69) is 0 Å². The first-order valence-corrected chi connectivity index (χ1v) is 6.09. The van der Waals surface area contributed by atoms with Crippen LogP contribution in [0.5, 0.6) is 5.75 Å². The predicted molar refractivity (Wildman–Crippen MR) is 72.3 cm³/mol. The van der Waals surface area contributed by atoms with Crippen molar-refractivity contribution in [2.24, 2.45) is 0 Å². The van der Waals surface area contributed by atoms with Gasteiger partial charge in [-0.25, -0.2) is 8.78 Å². The lowest BCUT2D eigenvalue weighted by Crippen LogP contribution is -2.08. The largest absolute Gasteiger partial charge is 0.496 e. The van der Waals surface area contributed by atoms with Gasteiger partial charge in [0.05, 0.1) is 18.2 Å². The van der Waals surface area contributed by atoms with Crippen LogP contribution in [-0.4, -0.2) is 12.9 Å². The van der Waals surface area contributed by atoms with Gasteiger partial charge in [-0.05, 0) is 37.6 Å². The maximum absolute atomic E-state index is 13.9. The van der Waals surface area contributed by atoms with Crippen molar-refractivity contribution in [3.8, 4) is 5.75 Å². The molecule has 0 aromatic heterocycles. The van der Waals surface area contributed by atoms with Crippen LogP contribution in [0.2, 0.25) is 0 Å². The number of carbonyl (C=O) groups is 1. The molecule has 0 unspecified atom stereocenters. The van der Waals surface area contributed by atoms with Crippen LogP contribution in [0.4, 0.5) is 8.78 Å². The highest BCUT2D eigenvalue weighted by molar-refractivity contribution is 6.11. The van der Waals surface area contributed by atoms with Crippen LogP contribution in [0.1, 0.15) is 27.0 Å². The summed E-state index contributed by atoms with van der Waals surface area (Å²) in [6.07, 6.45) is 0. The van der Waals surface area contributed by atoms with Crippen LogP contribution in [-0.2, 0) is 0 Å². The van der Waals surface area contributed by atoms with E-state index >= 15 is 0 Å². The van der Waals surface area contributed by atoms with Gasteiger partial charge in [-0.1, -0.05) is 17.7 Å². The zero-order chi connectivity index (χ0) is 14.9. The van der Waals surface area contributed by atoms with Crippen LogP contribution in [0, 0.1) is 25.5 Å². The Hall–Kier alpha value is -2.23. The molecule has 4 heteroatoms. The van der Waals surface area contributed by atoms with Gasteiger partial charge in [0.15, 0.2) is 17.4 Å². The topological polar surface area (TPSA) is 26.3 Å². The van der Waals surface area contributed by atoms with Crippen LogP contribution in [0.25, 0.3) is 0 Å². The Morgan fingerprint density at radius 1 is 1.00 bits per heavy atom. The van der Waals surface area contributed by atoms with E-state index in [0.29, 0.717) is 5.75 Å². The van der Waals surface area contributed by atoms with Crippen LogP contribution in [0.3, 0.4) is 0 Å². The van der Waals surface area contributed by atoms with Crippen LogP contribution in [0.15, 0.2) is 30.3 Å². The molecule has 2 aromatic rings. The van der Waals surface area contributed by atoms with E-state index in [-0.39, 0.29) is 16.7 Å². The minimum absolute atomic E-state index is 0.162. The maximum Gasteiger partial charge on any atom is 0.199 e. The minimum Gasteiger partial charge on any atom is -0.496 e. The van der Waals surface area contributed by atoms with Gasteiger partial charge in [0, 0.05) is 0 Å². The minimum atomic E-state index is -1.13. The van der Waals surface area contributed by atoms with Crippen molar-refractivity contribution in [3.05, 3.63) is 64.2 Å². The molecule has 2 aromatic carbocycles. The molecule has 104 valence electrons. The van der Waals surface area contributed by atoms with Gasteiger partial charge in [-0.2, -0.15) is 0 Å². The van der Waals surface area contributed by atoms with E-state index in [1.54, 1.807) is 18.2 Å². The second-order valence-electron chi connectivity index (χ2n) is 4.59. The first kappa shape index (κ1) is 14.2. The summed E-state index contributed by atoms with van der Waals surface area (Å²) in [4.78, 5) is 12.4. The molecule has 20 heavy (non-hydrogen) atoms. The molecule has 0 bridgehead atoms. The lowest BCUT2D eigenvalue weighted by atomic mass is 9.99. The molecule has 0 saturated carbocycles. The molecule has 0 radical (unpaired) electrons. The van der Waals surface area contributed by atoms with Crippen molar-refractivity contribution >= 4 is 5.78 Å². The summed E-state index contributed by atoms with van der Waals surface area (Å²) in [7, 11) is 1.42. The van der Waals surface area contributed by atoms with Gasteiger partial charge in [0.2, 0.25) is 0 Å². The number of benzene rings is 2. The highest BCUT2D eigenvalue weighted by atomic mass is 19.2. The Labute approximate surface area is 116 Å². The fraction of sp³-hybridized carbons (Fsp3) is 0.188. The highest BCUT2D eigenvalue weighted by Crippen LogP contribution is 2.25. The highest BCUT2D eigenvalue weighted by Gasteiger charge is 2.21. The van der Waals surface area contributed by atoms with Gasteiger partial charge in [-0.15, -0.1) is 0 Å². The van der Waals surface area contributed by atoms with Gasteiger partial charge in [-0.3, -0.25) is 4.79 Å². The normalized spacial score (nSPS) is 10.4. The number of aryl methyl sites for hydroxylation is 2. The number of carbonyl (C=O) groups excluding carboxylic acids is 1. The lowest BCUT2D eigenvalue weighted by molar-refractivity contribution is 0.103. The molecular formula is C16H14F2O2. The molecule has 0 aliphatic heterocycles. The van der Waals surface area contributed by atoms with Crippen LogP contribution >= 0.6 is 0 Å². The Bertz CT molecular complexity index is 678. The molecular weight excluding hydrogens is 262 g/mol. The average molecular weight is 276 g/mol. The molecule has 0 atom stereocenters. The summed E-state index contributed by atoms with van der Waals surface area (Å²) in [6.45, 7) is 3.25. The average Bonchev–Trinajstić information content (AvgIpc) is 2.44. The summed E-state index contributed by atoms with van der Waals surface area (Å²) in [6, 6.07) is 7.68. The number of hydrogen-bond donors (Lipinski definition) is 0. The van der Waals surface area contributed by atoms with Crippen molar-refractivity contribution in [2.75, 3.05) is 7.11 Å². The van der Waals surface area contributed by atoms with Crippen molar-refractivity contribution in [1.29, 1.82) is 0 Å². The predicted octanol–water partition coefficient (Wildman–Crippen LogP) is 3.82. The summed E-state index contributed by atoms with van der Waals surface area (Å²) >= 11 is 0. The molecule has 0 N–H and O–H groups in total. The first-order chi connectivity index (χ1) is 9.45. The van der Waals surface area contributed by atoms with Gasteiger partial charge >= 0.3 is 0 Å². The number of rotatable bonds is 3. The van der Waals surface area contributed by atoms with E-state index in [9.17, 15) is 13.6 Å². The van der Waals surface area contributed by atoms with Gasteiger partial charge in [0.1, 0.15) is 5.75 Å². The molecule has 0 aliphatic carbocycles. The van der Waals surface area contributed by atoms with Crippen molar-refractivity contribution in [2.45, 2.75) is 13.8 Å². The Balaban J connectivity index is 2.57. The van der Waals surface area contributed by atoms with E-state index in [1.165, 1.54) is 26.2 Å². The second kappa shape index (κ2) is 5.41. The SMILES string of the molecule is COc1ccc(C)cc1C(=O)c1ccc(C)c(F)c1F. The summed E-state index contributed by atoms with van der Waals surface area (Å²) in [5.41, 5.74) is 0.920. The van der Waals surface area contributed by atoms with E-state index < -0.39 is 17.4 Å². The molecule has 0 spiro atoms. The second-order valence-corrected chi connectivity index (χ2v) is 4.59. The maximum atomic E-state index is 13.9. The summed E-state index contributed by atoms with van der Waals surface area (Å²) < 4.78 is 32.6. The van der Waals surface area contributed by atoms with Gasteiger partial charge in [0.25, 0.3) is 0 Å². The Morgan fingerprint density at radius 2 is 1.70 bits per heavy atom. The van der Waals surface area contributed by atoms with Crippen molar-refractivity contribution in [1.82, 2.24) is 0 Å². The molecule has 2 nitrogen and oxygen atoms in total. The third-order valence-electron chi connectivity index (χ3n) is 3.12. The zero-order valence-electron chi connectivity index (χ0n) is 11.5. The third kappa shape index (κ3) is 2.41. The fourth-order valence-corrected chi connectivity index (χ4v) is 1.97. The summed E-state index contributed by atoms with van der Waals surface area (Å²) in [5, 5.41) is 0. The third-order valence-corrected chi connectivity index (χ3v) is 3.12. The number of ketones is 1. The number of methoxy groups -OCH3 is 1. The van der Waals surface area contributed by atoms with E-state index in [0.717, 1.165) is 5.56 Å². The molecule has 2 rings (SSSR count). The zero-order valence-corrected chi connectivity index (χ0v) is 11.5. The molecule has 0 saturated heterocycles. The number of hydrogen-bond acceptors (Lipinski definition) is 2. The Morgan fingerprint density at radius 3 is 2.35 bits per heavy atom. The molecule has 0 fully saturated rings. The van der Waals surface area contributed by atoms with Crippen molar-refractivity contribution in [3.63, 3.8) is 0 Å². The quantitative estimate of drug-likeness (QED) is 0.797. The van der Waals surface area contributed by atoms with Crippen molar-refractivity contribution < 1.29 is 18.3 Å². The smallest absolute Gasteiger partial charge is 0.199 e. The molecule has 0 aliphatic rings. The molecule has 0 heterocycles. The fourth-order valence-electron chi connectivity index (χ4n) is 1.97. The lowest BCUT2D eigenvalue weighted by Gasteiger charge is -2.10. The number of halogens is 2. The molecule has 0 amide bonds. The monoisotopic (exact) mass is 276 g/mol. The van der Waals surface area contributed by atoms with E-state index in [1.807, 2.05) is 6.92 Å².